The first-order chi connectivity index (χ1) is 9.65. The van der Waals surface area contributed by atoms with Crippen LogP contribution < -0.4 is 5.32 Å². The molecule has 0 radical (unpaired) electrons. The molecule has 4 nitrogen and oxygen atoms in total. The molecule has 2 aromatic rings. The molecule has 2 amide bonds. The summed E-state index contributed by atoms with van der Waals surface area (Å²) in [5, 5.41) is 5.94. The molecule has 1 aromatic heterocycles. The summed E-state index contributed by atoms with van der Waals surface area (Å²) in [6, 6.07) is 8.13. The van der Waals surface area contributed by atoms with Gasteiger partial charge in [0.1, 0.15) is 0 Å². The van der Waals surface area contributed by atoms with Crippen molar-refractivity contribution in [3.05, 3.63) is 35.2 Å². The highest BCUT2D eigenvalue weighted by Gasteiger charge is 2.26. The van der Waals surface area contributed by atoms with E-state index in [-0.39, 0.29) is 24.4 Å². The highest BCUT2D eigenvalue weighted by atomic mass is 32.1. The van der Waals surface area contributed by atoms with Gasteiger partial charge < -0.3 is 10.2 Å². The molecule has 3 rings (SSSR count). The lowest BCUT2D eigenvalue weighted by molar-refractivity contribution is -0.132. The standard InChI is InChI=1S/C15H16N2O2S/c1-10-6-14(18)16-7-15(19)17(10)8-11-9-20-13-5-3-2-4-12(11)13/h2-5,9-10H,6-8H2,1H3,(H,16,18). The molecule has 1 saturated heterocycles. The Kier molecular flexibility index (Phi) is 3.44. The van der Waals surface area contributed by atoms with Crippen LogP contribution in [-0.2, 0) is 16.1 Å². The van der Waals surface area contributed by atoms with Gasteiger partial charge in [0, 0.05) is 23.7 Å². The van der Waals surface area contributed by atoms with Crippen molar-refractivity contribution in [2.24, 2.45) is 0 Å². The van der Waals surface area contributed by atoms with E-state index in [0.29, 0.717) is 13.0 Å². The predicted octanol–water partition coefficient (Wildman–Crippen LogP) is 2.14. The molecule has 0 aliphatic carbocycles. The molecule has 0 saturated carbocycles. The van der Waals surface area contributed by atoms with Gasteiger partial charge in [-0.15, -0.1) is 11.3 Å². The van der Waals surface area contributed by atoms with Crippen LogP contribution in [0.25, 0.3) is 10.1 Å². The monoisotopic (exact) mass is 288 g/mol. The predicted molar refractivity (Wildman–Crippen MR) is 79.5 cm³/mol. The number of carbonyl (C=O) groups is 2. The minimum absolute atomic E-state index is 0.0152. The van der Waals surface area contributed by atoms with Gasteiger partial charge in [-0.05, 0) is 29.3 Å². The van der Waals surface area contributed by atoms with Crippen molar-refractivity contribution in [1.29, 1.82) is 0 Å². The van der Waals surface area contributed by atoms with Crippen molar-refractivity contribution in [2.75, 3.05) is 6.54 Å². The van der Waals surface area contributed by atoms with E-state index in [9.17, 15) is 9.59 Å². The normalized spacial score (nSPS) is 20.1. The summed E-state index contributed by atoms with van der Waals surface area (Å²) < 4.78 is 1.23. The van der Waals surface area contributed by atoms with E-state index in [1.54, 1.807) is 16.2 Å². The Hall–Kier alpha value is -1.88. The first-order valence-corrected chi connectivity index (χ1v) is 7.54. The fourth-order valence-corrected chi connectivity index (χ4v) is 3.51. The van der Waals surface area contributed by atoms with Crippen molar-refractivity contribution < 1.29 is 9.59 Å². The topological polar surface area (TPSA) is 49.4 Å². The molecule has 1 aliphatic rings. The number of hydrogen-bond donors (Lipinski definition) is 1. The van der Waals surface area contributed by atoms with Crippen LogP contribution in [0.5, 0.6) is 0 Å². The summed E-state index contributed by atoms with van der Waals surface area (Å²) in [5.41, 5.74) is 1.15. The van der Waals surface area contributed by atoms with Crippen molar-refractivity contribution in [2.45, 2.75) is 25.9 Å². The quantitative estimate of drug-likeness (QED) is 0.920. The minimum Gasteiger partial charge on any atom is -0.347 e. The Labute approximate surface area is 121 Å². The first-order valence-electron chi connectivity index (χ1n) is 6.66. The van der Waals surface area contributed by atoms with Gasteiger partial charge in [0.15, 0.2) is 0 Å². The molecule has 5 heteroatoms. The molecule has 2 heterocycles. The van der Waals surface area contributed by atoms with Crippen LogP contribution in [0, 0.1) is 0 Å². The van der Waals surface area contributed by atoms with Gasteiger partial charge in [0.25, 0.3) is 0 Å². The lowest BCUT2D eigenvalue weighted by atomic mass is 10.1. The lowest BCUT2D eigenvalue weighted by Gasteiger charge is -2.26. The van der Waals surface area contributed by atoms with Crippen molar-refractivity contribution in [3.8, 4) is 0 Å². The van der Waals surface area contributed by atoms with Crippen molar-refractivity contribution in [1.82, 2.24) is 10.2 Å². The lowest BCUT2D eigenvalue weighted by Crippen LogP contribution is -2.39. The van der Waals surface area contributed by atoms with Gasteiger partial charge >= 0.3 is 0 Å². The molecule has 1 fully saturated rings. The maximum absolute atomic E-state index is 12.1. The molecule has 1 aromatic carbocycles. The zero-order chi connectivity index (χ0) is 14.1. The molecular weight excluding hydrogens is 272 g/mol. The van der Waals surface area contributed by atoms with Gasteiger partial charge in [0.2, 0.25) is 11.8 Å². The van der Waals surface area contributed by atoms with E-state index in [4.69, 9.17) is 0 Å². The van der Waals surface area contributed by atoms with E-state index in [1.165, 1.54) is 10.1 Å². The number of fused-ring (bicyclic) bond motifs is 1. The molecular formula is C15H16N2O2S. The van der Waals surface area contributed by atoms with Crippen molar-refractivity contribution in [3.63, 3.8) is 0 Å². The third-order valence-corrected chi connectivity index (χ3v) is 4.68. The smallest absolute Gasteiger partial charge is 0.242 e. The summed E-state index contributed by atoms with van der Waals surface area (Å²) >= 11 is 1.69. The van der Waals surface area contributed by atoms with E-state index in [2.05, 4.69) is 22.8 Å². The maximum Gasteiger partial charge on any atom is 0.242 e. The number of amides is 2. The Morgan fingerprint density at radius 1 is 1.35 bits per heavy atom. The molecule has 0 bridgehead atoms. The van der Waals surface area contributed by atoms with E-state index in [0.717, 1.165) is 5.56 Å². The molecule has 1 N–H and O–H groups in total. The molecule has 104 valence electrons. The van der Waals surface area contributed by atoms with E-state index in [1.807, 2.05) is 19.1 Å². The highest BCUT2D eigenvalue weighted by Crippen LogP contribution is 2.27. The van der Waals surface area contributed by atoms with Crippen LogP contribution in [-0.4, -0.2) is 29.3 Å². The van der Waals surface area contributed by atoms with Crippen LogP contribution in [0.3, 0.4) is 0 Å². The Morgan fingerprint density at radius 3 is 3.00 bits per heavy atom. The van der Waals surface area contributed by atoms with Gasteiger partial charge in [-0.2, -0.15) is 0 Å². The summed E-state index contributed by atoms with van der Waals surface area (Å²) in [6.07, 6.45) is 0.369. The molecule has 0 spiro atoms. The van der Waals surface area contributed by atoms with Gasteiger partial charge in [-0.1, -0.05) is 18.2 Å². The number of nitrogens with one attached hydrogen (secondary N) is 1. The fraction of sp³-hybridized carbons (Fsp3) is 0.333. The van der Waals surface area contributed by atoms with E-state index < -0.39 is 0 Å². The molecule has 1 atom stereocenters. The van der Waals surface area contributed by atoms with Crippen LogP contribution in [0.4, 0.5) is 0 Å². The maximum atomic E-state index is 12.1. The summed E-state index contributed by atoms with van der Waals surface area (Å²) in [6.45, 7) is 2.60. The number of rotatable bonds is 2. The number of carbonyl (C=O) groups excluding carboxylic acids is 2. The fourth-order valence-electron chi connectivity index (χ4n) is 2.55. The Bertz CT molecular complexity index is 665. The van der Waals surface area contributed by atoms with Gasteiger partial charge in [-0.25, -0.2) is 0 Å². The number of thiophene rings is 1. The van der Waals surface area contributed by atoms with Crippen LogP contribution >= 0.6 is 11.3 Å². The van der Waals surface area contributed by atoms with Crippen molar-refractivity contribution >= 4 is 33.2 Å². The minimum atomic E-state index is -0.0661. The zero-order valence-corrected chi connectivity index (χ0v) is 12.1. The van der Waals surface area contributed by atoms with Crippen LogP contribution in [0.1, 0.15) is 18.9 Å². The average Bonchev–Trinajstić information content (AvgIpc) is 2.80. The summed E-state index contributed by atoms with van der Waals surface area (Å²) in [4.78, 5) is 25.5. The van der Waals surface area contributed by atoms with Gasteiger partial charge in [-0.3, -0.25) is 9.59 Å². The second-order valence-corrected chi connectivity index (χ2v) is 6.02. The Morgan fingerprint density at radius 2 is 2.15 bits per heavy atom. The molecule has 20 heavy (non-hydrogen) atoms. The SMILES string of the molecule is CC1CC(=O)NCC(=O)N1Cc1csc2ccccc12. The first kappa shape index (κ1) is 13.1. The number of nitrogens with zero attached hydrogens (tertiary/aromatic N) is 1. The second-order valence-electron chi connectivity index (χ2n) is 5.11. The van der Waals surface area contributed by atoms with E-state index >= 15 is 0 Å². The number of hydrogen-bond acceptors (Lipinski definition) is 3. The summed E-state index contributed by atoms with van der Waals surface area (Å²) in [7, 11) is 0. The third kappa shape index (κ3) is 2.41. The van der Waals surface area contributed by atoms with Gasteiger partial charge in [0.05, 0.1) is 6.54 Å². The van der Waals surface area contributed by atoms with Crippen LogP contribution in [0.2, 0.25) is 0 Å². The summed E-state index contributed by atoms with van der Waals surface area (Å²) in [5.74, 6) is -0.0674. The molecule has 1 unspecified atom stereocenters. The molecule has 1 aliphatic heterocycles. The Balaban J connectivity index is 1.89. The zero-order valence-electron chi connectivity index (χ0n) is 11.3. The number of benzene rings is 1. The van der Waals surface area contributed by atoms with Crippen LogP contribution in [0.15, 0.2) is 29.6 Å². The second kappa shape index (κ2) is 5.25. The third-order valence-electron chi connectivity index (χ3n) is 3.67. The largest absolute Gasteiger partial charge is 0.347 e. The highest BCUT2D eigenvalue weighted by molar-refractivity contribution is 7.17. The average molecular weight is 288 g/mol.